The fourth-order valence-electron chi connectivity index (χ4n) is 4.68. The summed E-state index contributed by atoms with van der Waals surface area (Å²) in [7, 11) is -1.61. The van der Waals surface area contributed by atoms with Gasteiger partial charge >= 0.3 is 0 Å². The molecule has 9 nitrogen and oxygen atoms in total. The molecule has 1 atom stereocenters. The van der Waals surface area contributed by atoms with Crippen LogP contribution in [0, 0.1) is 5.92 Å². The predicted molar refractivity (Wildman–Crippen MR) is 148 cm³/mol. The Kier molecular flexibility index (Phi) is 7.25. The summed E-state index contributed by atoms with van der Waals surface area (Å²) in [4.78, 5) is 4.26. The molecule has 0 spiro atoms. The number of anilines is 1. The van der Waals surface area contributed by atoms with Gasteiger partial charge in [-0.15, -0.1) is 0 Å². The number of halogens is 1. The van der Waals surface area contributed by atoms with Crippen LogP contribution in [-0.2, 0) is 19.9 Å². The zero-order valence-electron chi connectivity index (χ0n) is 20.6. The van der Waals surface area contributed by atoms with Gasteiger partial charge in [-0.2, -0.15) is 13.9 Å². The highest BCUT2D eigenvalue weighted by Crippen LogP contribution is 2.30. The van der Waals surface area contributed by atoms with Gasteiger partial charge in [0, 0.05) is 48.7 Å². The molecule has 0 saturated carbocycles. The van der Waals surface area contributed by atoms with Crippen molar-refractivity contribution >= 4 is 56.2 Å². The minimum atomic E-state index is -4.00. The van der Waals surface area contributed by atoms with E-state index in [0.717, 1.165) is 18.2 Å². The first-order valence-electron chi connectivity index (χ1n) is 12.0. The van der Waals surface area contributed by atoms with E-state index >= 15 is 0 Å². The summed E-state index contributed by atoms with van der Waals surface area (Å²) in [6.45, 7) is 1.03. The number of hydrogen-bond acceptors (Lipinski definition) is 7. The van der Waals surface area contributed by atoms with E-state index in [0.29, 0.717) is 47.2 Å². The number of aromatic nitrogens is 3. The highest BCUT2D eigenvalue weighted by atomic mass is 35.5. The lowest BCUT2D eigenvalue weighted by atomic mass is 9.99. The van der Waals surface area contributed by atoms with Crippen molar-refractivity contribution in [1.29, 1.82) is 0 Å². The van der Waals surface area contributed by atoms with Gasteiger partial charge in [0.15, 0.2) is 15.5 Å². The molecule has 5 rings (SSSR count). The first-order valence-corrected chi connectivity index (χ1v) is 15.7. The van der Waals surface area contributed by atoms with Gasteiger partial charge in [0.1, 0.15) is 18.6 Å². The van der Waals surface area contributed by atoms with Crippen molar-refractivity contribution in [3.8, 4) is 11.3 Å². The van der Waals surface area contributed by atoms with Gasteiger partial charge in [-0.3, -0.25) is 0 Å². The molecule has 2 radical (unpaired) electrons. The molecule has 196 valence electrons. The van der Waals surface area contributed by atoms with E-state index in [9.17, 15) is 16.8 Å². The van der Waals surface area contributed by atoms with Crippen LogP contribution in [0.2, 0.25) is 5.02 Å². The van der Waals surface area contributed by atoms with Crippen LogP contribution in [0.4, 0.5) is 5.82 Å². The molecule has 1 saturated heterocycles. The lowest BCUT2D eigenvalue weighted by Gasteiger charge is -2.32. The fourth-order valence-corrected chi connectivity index (χ4v) is 8.07. The van der Waals surface area contributed by atoms with E-state index in [1.807, 2.05) is 24.3 Å². The second-order valence-corrected chi connectivity index (χ2v) is 13.6. The van der Waals surface area contributed by atoms with E-state index in [4.69, 9.17) is 19.4 Å². The third kappa shape index (κ3) is 5.18. The minimum Gasteiger partial charge on any atom is -0.370 e. The van der Waals surface area contributed by atoms with Crippen molar-refractivity contribution in [3.05, 3.63) is 65.8 Å². The predicted octanol–water partition coefficient (Wildman–Crippen LogP) is 2.76. The van der Waals surface area contributed by atoms with Gasteiger partial charge in [0.25, 0.3) is 0 Å². The second-order valence-electron chi connectivity index (χ2n) is 9.31. The van der Waals surface area contributed by atoms with Gasteiger partial charge in [-0.25, -0.2) is 21.8 Å². The van der Waals surface area contributed by atoms with Crippen LogP contribution < -0.4 is 10.8 Å². The molecule has 1 unspecified atom stereocenters. The van der Waals surface area contributed by atoms with Crippen LogP contribution in [0.25, 0.3) is 16.9 Å². The molecular weight excluding hydrogens is 545 g/mol. The summed E-state index contributed by atoms with van der Waals surface area (Å²) in [5.41, 5.74) is 2.28. The molecule has 4 aromatic rings. The smallest absolute Gasteiger partial charge is 0.244 e. The number of nitrogens with zero attached hydrogens (tertiary/aromatic N) is 4. The number of nitrogens with one attached hydrogen (secondary N) is 1. The van der Waals surface area contributed by atoms with E-state index in [1.165, 1.54) is 34.8 Å². The van der Waals surface area contributed by atoms with Crippen molar-refractivity contribution < 1.29 is 16.8 Å². The average molecular weight is 570 g/mol. The van der Waals surface area contributed by atoms with E-state index in [1.54, 1.807) is 10.6 Å². The first-order chi connectivity index (χ1) is 18.1. The zero-order valence-corrected chi connectivity index (χ0v) is 23.0. The number of hydrogen-bond donors (Lipinski definition) is 1. The fraction of sp³-hybridized carbons (Fsp3) is 0.280. The van der Waals surface area contributed by atoms with Crippen molar-refractivity contribution in [1.82, 2.24) is 18.9 Å². The third-order valence-corrected chi connectivity index (χ3v) is 10.1. The first kappa shape index (κ1) is 26.7. The number of rotatable bonds is 7. The molecule has 0 amide bonds. The lowest BCUT2D eigenvalue weighted by Crippen LogP contribution is -2.42. The monoisotopic (exact) mass is 569 g/mol. The molecule has 0 bridgehead atoms. The van der Waals surface area contributed by atoms with Crippen molar-refractivity contribution in [2.75, 3.05) is 31.2 Å². The van der Waals surface area contributed by atoms with Crippen LogP contribution in [0.1, 0.15) is 12.8 Å². The van der Waals surface area contributed by atoms with Crippen LogP contribution >= 0.6 is 11.6 Å². The highest BCUT2D eigenvalue weighted by Gasteiger charge is 2.33. The largest absolute Gasteiger partial charge is 0.370 e. The molecule has 2 aromatic carbocycles. The number of sulfonamides is 1. The Morgan fingerprint density at radius 2 is 1.79 bits per heavy atom. The van der Waals surface area contributed by atoms with Crippen molar-refractivity contribution in [2.24, 2.45) is 5.92 Å². The molecular formula is C25H25BClN5O4S2. The molecule has 1 aliphatic heterocycles. The molecule has 1 fully saturated rings. The molecule has 1 N–H and O–H groups in total. The molecule has 2 aromatic heterocycles. The van der Waals surface area contributed by atoms with Gasteiger partial charge in [0.2, 0.25) is 10.0 Å². The quantitative estimate of drug-likeness (QED) is 0.341. The van der Waals surface area contributed by atoms with Gasteiger partial charge in [-0.1, -0.05) is 41.9 Å². The van der Waals surface area contributed by atoms with E-state index < -0.39 is 19.9 Å². The van der Waals surface area contributed by atoms with Gasteiger partial charge in [0.05, 0.1) is 10.6 Å². The average Bonchev–Trinajstić information content (AvgIpc) is 3.28. The summed E-state index contributed by atoms with van der Waals surface area (Å²) in [6, 6.07) is 14.9. The second kappa shape index (κ2) is 10.3. The molecule has 1 aliphatic rings. The number of fused-ring (bicyclic) bond motifs is 1. The summed E-state index contributed by atoms with van der Waals surface area (Å²) >= 11 is 6.41. The maximum absolute atomic E-state index is 13.5. The van der Waals surface area contributed by atoms with E-state index in [-0.39, 0.29) is 22.3 Å². The number of piperidine rings is 1. The Labute approximate surface area is 228 Å². The van der Waals surface area contributed by atoms with Crippen molar-refractivity contribution in [3.63, 3.8) is 0 Å². The summed E-state index contributed by atoms with van der Waals surface area (Å²) in [5.74, 6) is 0.618. The Morgan fingerprint density at radius 1 is 1.08 bits per heavy atom. The summed E-state index contributed by atoms with van der Waals surface area (Å²) < 4.78 is 54.4. The summed E-state index contributed by atoms with van der Waals surface area (Å²) in [6.07, 6.45) is 3.99. The topological polar surface area (TPSA) is 114 Å². The molecule has 3 heterocycles. The SMILES string of the molecule is [B]c1cnn2c(NCC3CCCN(S(=O)(=O)c4ccccc4S(C)(=O)=O)C3)cc(-c3ccccc3Cl)nc12. The zero-order chi connectivity index (χ0) is 27.1. The standard InChI is InChI=1S/C25H25BClN5O4S2/c1-37(33,34)22-10-4-5-11-23(22)38(35,36)31-12-6-7-17(16-31)14-28-24-13-21(18-8-2-3-9-20(18)27)30-25-19(26)15-29-32(24)25/h2-5,8-11,13,15,17,28H,6-7,12,14,16H2,1H3. The highest BCUT2D eigenvalue weighted by molar-refractivity contribution is 7.93. The number of benzene rings is 2. The summed E-state index contributed by atoms with van der Waals surface area (Å²) in [5, 5.41) is 8.28. The van der Waals surface area contributed by atoms with Crippen LogP contribution in [-0.4, -0.2) is 69.5 Å². The van der Waals surface area contributed by atoms with E-state index in [2.05, 4.69) is 15.4 Å². The van der Waals surface area contributed by atoms with Crippen molar-refractivity contribution in [2.45, 2.75) is 22.6 Å². The Morgan fingerprint density at radius 3 is 2.53 bits per heavy atom. The van der Waals surface area contributed by atoms with Gasteiger partial charge in [-0.05, 0) is 42.4 Å². The van der Waals surface area contributed by atoms with Gasteiger partial charge < -0.3 is 5.32 Å². The molecule has 38 heavy (non-hydrogen) atoms. The minimum absolute atomic E-state index is 0.0243. The molecule has 0 aliphatic carbocycles. The number of sulfone groups is 1. The third-order valence-electron chi connectivity index (χ3n) is 6.57. The Bertz CT molecular complexity index is 1730. The maximum atomic E-state index is 13.5. The van der Waals surface area contributed by atoms with Crippen LogP contribution in [0.15, 0.2) is 70.6 Å². The normalized spacial score (nSPS) is 17.1. The van der Waals surface area contributed by atoms with Crippen LogP contribution in [0.3, 0.4) is 0 Å². The lowest BCUT2D eigenvalue weighted by molar-refractivity contribution is 0.274. The Balaban J connectivity index is 1.40. The van der Waals surface area contributed by atoms with Crippen LogP contribution in [0.5, 0.6) is 0 Å². The Hall–Kier alpha value is -2.93. The molecule has 13 heteroatoms. The maximum Gasteiger partial charge on any atom is 0.244 e.